The van der Waals surface area contributed by atoms with Gasteiger partial charge in [-0.1, -0.05) is 0 Å². The largest absolute Gasteiger partial charge is 0.397 e. The molecule has 1 aromatic heterocycles. The summed E-state index contributed by atoms with van der Waals surface area (Å²) < 4.78 is 1.63. The lowest BCUT2D eigenvalue weighted by Gasteiger charge is -2.13. The third-order valence-corrected chi connectivity index (χ3v) is 2.79. The van der Waals surface area contributed by atoms with Crippen LogP contribution in [0.1, 0.15) is 16.2 Å². The molecule has 0 aliphatic heterocycles. The van der Waals surface area contributed by atoms with Crippen LogP contribution in [0.25, 0.3) is 0 Å². The number of nitrogens with one attached hydrogen (secondary N) is 1. The van der Waals surface area contributed by atoms with Crippen LogP contribution in [0.3, 0.4) is 0 Å². The third kappa shape index (κ3) is 3.05. The van der Waals surface area contributed by atoms with Gasteiger partial charge in [0.25, 0.3) is 5.91 Å². The van der Waals surface area contributed by atoms with E-state index in [0.717, 1.165) is 0 Å². The molecule has 0 spiro atoms. The highest BCUT2D eigenvalue weighted by atomic mass is 16.2. The topological polar surface area (TPSA) is 89.1 Å². The minimum absolute atomic E-state index is 0.0657. The van der Waals surface area contributed by atoms with Crippen molar-refractivity contribution in [2.75, 3.05) is 25.1 Å². The van der Waals surface area contributed by atoms with Crippen LogP contribution in [-0.4, -0.2) is 39.7 Å². The van der Waals surface area contributed by atoms with Crippen molar-refractivity contribution in [3.63, 3.8) is 0 Å². The lowest BCUT2D eigenvalue weighted by atomic mass is 10.1. The smallest absolute Gasteiger partial charge is 0.253 e. The van der Waals surface area contributed by atoms with Gasteiger partial charge in [-0.15, -0.1) is 0 Å². The monoisotopic (exact) mass is 274 g/mol. The summed E-state index contributed by atoms with van der Waals surface area (Å²) in [6.07, 6.45) is 1.63. The van der Waals surface area contributed by atoms with E-state index in [-0.39, 0.29) is 5.91 Å². The van der Waals surface area contributed by atoms with Gasteiger partial charge in [0.15, 0.2) is 5.82 Å². The van der Waals surface area contributed by atoms with Gasteiger partial charge < -0.3 is 16.0 Å². The van der Waals surface area contributed by atoms with Gasteiger partial charge in [-0.2, -0.15) is 5.10 Å². The molecule has 3 N–H and O–H groups in total. The molecular weight excluding hydrogens is 256 g/mol. The maximum absolute atomic E-state index is 11.9. The van der Waals surface area contributed by atoms with Crippen LogP contribution in [0.15, 0.2) is 24.5 Å². The molecule has 2 rings (SSSR count). The molecule has 0 aliphatic rings. The van der Waals surface area contributed by atoms with Crippen LogP contribution < -0.4 is 11.1 Å². The highest BCUT2D eigenvalue weighted by Gasteiger charge is 2.10. The summed E-state index contributed by atoms with van der Waals surface area (Å²) in [4.78, 5) is 17.6. The average molecular weight is 274 g/mol. The Labute approximate surface area is 117 Å². The molecule has 7 nitrogen and oxygen atoms in total. The number of aryl methyl sites for hydroxylation is 1. The zero-order valence-corrected chi connectivity index (χ0v) is 11.8. The molecule has 0 atom stereocenters. The fourth-order valence-corrected chi connectivity index (χ4v) is 1.74. The Hall–Kier alpha value is -2.57. The van der Waals surface area contributed by atoms with Gasteiger partial charge in [0, 0.05) is 26.7 Å². The molecular formula is C13H18N6O. The van der Waals surface area contributed by atoms with Gasteiger partial charge in [0.2, 0.25) is 0 Å². The Morgan fingerprint density at radius 3 is 2.80 bits per heavy atom. The molecule has 1 aromatic carbocycles. The first-order chi connectivity index (χ1) is 9.47. The van der Waals surface area contributed by atoms with Crippen LogP contribution in [-0.2, 0) is 13.6 Å². The van der Waals surface area contributed by atoms with E-state index < -0.39 is 0 Å². The number of nitrogens with zero attached hydrogens (tertiary/aromatic N) is 4. The molecule has 20 heavy (non-hydrogen) atoms. The number of carbonyl (C=O) groups is 1. The molecule has 7 heteroatoms. The Balaban J connectivity index is 2.14. The quantitative estimate of drug-likeness (QED) is 0.802. The van der Waals surface area contributed by atoms with Crippen molar-refractivity contribution in [1.82, 2.24) is 19.7 Å². The summed E-state index contributed by atoms with van der Waals surface area (Å²) in [6.45, 7) is 0.449. The fraction of sp³-hybridized carbons (Fsp3) is 0.308. The summed E-state index contributed by atoms with van der Waals surface area (Å²) in [5.41, 5.74) is 7.76. The standard InChI is InChI=1S/C13H18N6O/c1-18(2)13(20)9-4-5-10(14)11(6-9)15-7-12-16-8-19(3)17-12/h4-6,8,15H,7,14H2,1-3H3. The van der Waals surface area contributed by atoms with Crippen LogP contribution in [0.2, 0.25) is 0 Å². The number of rotatable bonds is 4. The van der Waals surface area contributed by atoms with E-state index in [0.29, 0.717) is 29.3 Å². The zero-order chi connectivity index (χ0) is 14.7. The molecule has 0 saturated carbocycles. The van der Waals surface area contributed by atoms with Crippen molar-refractivity contribution in [1.29, 1.82) is 0 Å². The molecule has 2 aromatic rings. The van der Waals surface area contributed by atoms with Crippen molar-refractivity contribution < 1.29 is 4.79 Å². The minimum Gasteiger partial charge on any atom is -0.397 e. The highest BCUT2D eigenvalue weighted by molar-refractivity contribution is 5.95. The van der Waals surface area contributed by atoms with Crippen molar-refractivity contribution in [2.45, 2.75) is 6.54 Å². The van der Waals surface area contributed by atoms with Gasteiger partial charge in [-0.25, -0.2) is 4.98 Å². The van der Waals surface area contributed by atoms with Crippen molar-refractivity contribution >= 4 is 17.3 Å². The number of benzene rings is 1. The maximum Gasteiger partial charge on any atom is 0.253 e. The summed E-state index contributed by atoms with van der Waals surface area (Å²) in [5.74, 6) is 0.597. The first kappa shape index (κ1) is 13.9. The van der Waals surface area contributed by atoms with Gasteiger partial charge in [-0.3, -0.25) is 9.48 Å². The van der Waals surface area contributed by atoms with Gasteiger partial charge in [0.1, 0.15) is 6.33 Å². The lowest BCUT2D eigenvalue weighted by Crippen LogP contribution is -2.21. The van der Waals surface area contributed by atoms with Gasteiger partial charge in [-0.05, 0) is 18.2 Å². The van der Waals surface area contributed by atoms with E-state index in [2.05, 4.69) is 15.4 Å². The van der Waals surface area contributed by atoms with Crippen LogP contribution in [0, 0.1) is 0 Å². The second-order valence-corrected chi connectivity index (χ2v) is 4.69. The number of amides is 1. The molecule has 106 valence electrons. The van der Waals surface area contributed by atoms with Gasteiger partial charge in [0.05, 0.1) is 17.9 Å². The second-order valence-electron chi connectivity index (χ2n) is 4.69. The Morgan fingerprint density at radius 2 is 2.20 bits per heavy atom. The SMILES string of the molecule is CN(C)C(=O)c1ccc(N)c(NCc2ncn(C)n2)c1. The number of aromatic nitrogens is 3. The summed E-state index contributed by atoms with van der Waals surface area (Å²) in [7, 11) is 5.23. The zero-order valence-electron chi connectivity index (χ0n) is 11.8. The summed E-state index contributed by atoms with van der Waals surface area (Å²) in [6, 6.07) is 5.16. The third-order valence-electron chi connectivity index (χ3n) is 2.79. The van der Waals surface area contributed by atoms with Crippen molar-refractivity contribution in [3.05, 3.63) is 35.9 Å². The van der Waals surface area contributed by atoms with E-state index in [4.69, 9.17) is 5.73 Å². The number of nitrogens with two attached hydrogens (primary N) is 1. The molecule has 0 aliphatic carbocycles. The Morgan fingerprint density at radius 1 is 1.45 bits per heavy atom. The summed E-state index contributed by atoms with van der Waals surface area (Å²) >= 11 is 0. The first-order valence-corrected chi connectivity index (χ1v) is 6.17. The molecule has 0 radical (unpaired) electrons. The predicted molar refractivity (Wildman–Crippen MR) is 77.2 cm³/mol. The van der Waals surface area contributed by atoms with Crippen LogP contribution in [0.4, 0.5) is 11.4 Å². The fourth-order valence-electron chi connectivity index (χ4n) is 1.74. The Kier molecular flexibility index (Phi) is 3.88. The molecule has 1 amide bonds. The van der Waals surface area contributed by atoms with Crippen LogP contribution in [0.5, 0.6) is 0 Å². The number of carbonyl (C=O) groups excluding carboxylic acids is 1. The normalized spacial score (nSPS) is 10.3. The molecule has 0 bridgehead atoms. The number of hydrogen-bond acceptors (Lipinski definition) is 5. The molecule has 1 heterocycles. The lowest BCUT2D eigenvalue weighted by molar-refractivity contribution is 0.0827. The van der Waals surface area contributed by atoms with E-state index >= 15 is 0 Å². The first-order valence-electron chi connectivity index (χ1n) is 6.17. The average Bonchev–Trinajstić information content (AvgIpc) is 2.82. The minimum atomic E-state index is -0.0657. The van der Waals surface area contributed by atoms with Crippen LogP contribution >= 0.6 is 0 Å². The number of anilines is 2. The van der Waals surface area contributed by atoms with Crippen molar-refractivity contribution in [3.8, 4) is 0 Å². The molecule has 0 fully saturated rings. The van der Waals surface area contributed by atoms with E-state index in [1.165, 1.54) is 4.90 Å². The number of nitrogen functional groups attached to an aromatic ring is 1. The highest BCUT2D eigenvalue weighted by Crippen LogP contribution is 2.21. The Bertz CT molecular complexity index is 619. The maximum atomic E-state index is 11.9. The van der Waals surface area contributed by atoms with Crippen molar-refractivity contribution in [2.24, 2.45) is 7.05 Å². The summed E-state index contributed by atoms with van der Waals surface area (Å²) in [5, 5.41) is 7.31. The second kappa shape index (κ2) is 5.60. The van der Waals surface area contributed by atoms with E-state index in [9.17, 15) is 4.79 Å². The van der Waals surface area contributed by atoms with Gasteiger partial charge >= 0.3 is 0 Å². The van der Waals surface area contributed by atoms with E-state index in [1.54, 1.807) is 50.4 Å². The van der Waals surface area contributed by atoms with E-state index in [1.807, 2.05) is 0 Å². The molecule has 0 saturated heterocycles. The number of hydrogen-bond donors (Lipinski definition) is 2. The molecule has 0 unspecified atom stereocenters. The predicted octanol–water partition coefficient (Wildman–Crippen LogP) is 0.711.